The van der Waals surface area contributed by atoms with Crippen molar-refractivity contribution in [3.05, 3.63) is 30.3 Å². The Labute approximate surface area is 122 Å². The fourth-order valence-corrected chi connectivity index (χ4v) is 3.96. The molecule has 1 aliphatic carbocycles. The van der Waals surface area contributed by atoms with Crippen molar-refractivity contribution in [2.24, 2.45) is 11.1 Å². The largest absolute Gasteiger partial charge is 0.326 e. The van der Waals surface area contributed by atoms with Gasteiger partial charge in [0.1, 0.15) is 0 Å². The summed E-state index contributed by atoms with van der Waals surface area (Å²) in [5.74, 6) is 0. The van der Waals surface area contributed by atoms with Crippen LogP contribution in [0.3, 0.4) is 0 Å². The molecule has 3 rings (SSSR count). The van der Waals surface area contributed by atoms with Crippen molar-refractivity contribution in [3.63, 3.8) is 0 Å². The number of hydrogen-bond acceptors (Lipinski definition) is 5. The quantitative estimate of drug-likeness (QED) is 0.938. The summed E-state index contributed by atoms with van der Waals surface area (Å²) in [5, 5.41) is 13.2. The molecule has 0 amide bonds. The molecule has 5 nitrogen and oxygen atoms in total. The molecule has 1 saturated carbocycles. The number of hydrogen-bond donors (Lipinski definition) is 1. The number of thioether (sulfide) groups is 1. The maximum absolute atomic E-state index is 6.36. The predicted octanol–water partition coefficient (Wildman–Crippen LogP) is 2.27. The molecule has 6 heteroatoms. The summed E-state index contributed by atoms with van der Waals surface area (Å²) in [7, 11) is 0. The van der Waals surface area contributed by atoms with Crippen molar-refractivity contribution >= 4 is 11.8 Å². The topological polar surface area (TPSA) is 69.6 Å². The van der Waals surface area contributed by atoms with Gasteiger partial charge in [0.25, 0.3) is 0 Å². The summed E-state index contributed by atoms with van der Waals surface area (Å²) in [5.41, 5.74) is 7.54. The molecule has 2 atom stereocenters. The maximum atomic E-state index is 6.36. The van der Waals surface area contributed by atoms with Gasteiger partial charge in [0, 0.05) is 11.3 Å². The monoisotopic (exact) mass is 289 g/mol. The zero-order valence-electron chi connectivity index (χ0n) is 11.7. The van der Waals surface area contributed by atoms with Crippen LogP contribution in [-0.4, -0.2) is 31.5 Å². The van der Waals surface area contributed by atoms with Gasteiger partial charge in [-0.2, -0.15) is 4.68 Å². The molecule has 1 heterocycles. The second-order valence-electron chi connectivity index (χ2n) is 5.92. The van der Waals surface area contributed by atoms with E-state index in [-0.39, 0.29) is 11.5 Å². The van der Waals surface area contributed by atoms with E-state index in [1.165, 1.54) is 0 Å². The summed E-state index contributed by atoms with van der Waals surface area (Å²) in [6.45, 7) is 4.47. The van der Waals surface area contributed by atoms with Crippen LogP contribution in [0, 0.1) is 5.41 Å². The molecule has 0 radical (unpaired) electrons. The van der Waals surface area contributed by atoms with Crippen LogP contribution in [0.15, 0.2) is 35.5 Å². The minimum absolute atomic E-state index is 0.174. The van der Waals surface area contributed by atoms with Crippen molar-refractivity contribution in [3.8, 4) is 5.69 Å². The van der Waals surface area contributed by atoms with E-state index in [1.807, 2.05) is 30.3 Å². The van der Waals surface area contributed by atoms with Crippen LogP contribution in [0.4, 0.5) is 0 Å². The molecule has 1 aromatic carbocycles. The van der Waals surface area contributed by atoms with Gasteiger partial charge in [-0.05, 0) is 40.8 Å². The number of aromatic nitrogens is 4. The van der Waals surface area contributed by atoms with Crippen LogP contribution in [0.2, 0.25) is 0 Å². The Morgan fingerprint density at radius 2 is 2.05 bits per heavy atom. The van der Waals surface area contributed by atoms with Gasteiger partial charge in [0.2, 0.25) is 5.16 Å². The first-order valence-corrected chi connectivity index (χ1v) is 7.72. The molecule has 0 spiro atoms. The summed E-state index contributed by atoms with van der Waals surface area (Å²) < 4.78 is 1.78. The maximum Gasteiger partial charge on any atom is 0.214 e. The van der Waals surface area contributed by atoms with Gasteiger partial charge < -0.3 is 5.73 Å². The molecular weight excluding hydrogens is 270 g/mol. The third-order valence-electron chi connectivity index (χ3n) is 4.07. The van der Waals surface area contributed by atoms with E-state index in [2.05, 4.69) is 29.4 Å². The molecule has 0 aliphatic heterocycles. The fourth-order valence-electron chi connectivity index (χ4n) is 2.61. The van der Waals surface area contributed by atoms with Crippen molar-refractivity contribution in [1.82, 2.24) is 20.2 Å². The van der Waals surface area contributed by atoms with Crippen LogP contribution >= 0.6 is 11.8 Å². The van der Waals surface area contributed by atoms with Gasteiger partial charge in [-0.25, -0.2) is 0 Å². The zero-order chi connectivity index (χ0) is 14.2. The molecule has 1 fully saturated rings. The van der Waals surface area contributed by atoms with Crippen LogP contribution in [0.5, 0.6) is 0 Å². The average molecular weight is 289 g/mol. The van der Waals surface area contributed by atoms with Crippen molar-refractivity contribution in [1.29, 1.82) is 0 Å². The van der Waals surface area contributed by atoms with Gasteiger partial charge in [-0.1, -0.05) is 43.8 Å². The van der Waals surface area contributed by atoms with E-state index >= 15 is 0 Å². The highest BCUT2D eigenvalue weighted by Gasteiger charge is 2.40. The Hall–Kier alpha value is -1.40. The lowest BCUT2D eigenvalue weighted by atomic mass is 9.88. The zero-order valence-corrected chi connectivity index (χ0v) is 12.5. The highest BCUT2D eigenvalue weighted by molar-refractivity contribution is 7.99. The first kappa shape index (κ1) is 13.6. The van der Waals surface area contributed by atoms with Gasteiger partial charge in [0.05, 0.1) is 5.69 Å². The molecule has 1 aliphatic rings. The number of benzene rings is 1. The second kappa shape index (κ2) is 5.18. The average Bonchev–Trinajstić information content (AvgIpc) is 3.00. The van der Waals surface area contributed by atoms with Gasteiger partial charge in [0.15, 0.2) is 0 Å². The molecule has 2 aromatic rings. The standard InChI is InChI=1S/C14H19N5S/c1-14(2)9-8-11(12(14)15)20-13-16-17-18-19(13)10-6-4-3-5-7-10/h3-7,11-12H,8-9,15H2,1-2H3. The lowest BCUT2D eigenvalue weighted by Crippen LogP contribution is -2.38. The Balaban J connectivity index is 1.82. The minimum Gasteiger partial charge on any atom is -0.326 e. The summed E-state index contributed by atoms with van der Waals surface area (Å²) in [6.07, 6.45) is 2.26. The van der Waals surface area contributed by atoms with Gasteiger partial charge >= 0.3 is 0 Å². The Morgan fingerprint density at radius 3 is 2.70 bits per heavy atom. The second-order valence-corrected chi connectivity index (χ2v) is 7.12. The number of nitrogens with zero attached hydrogens (tertiary/aromatic N) is 4. The smallest absolute Gasteiger partial charge is 0.214 e. The molecule has 20 heavy (non-hydrogen) atoms. The van der Waals surface area contributed by atoms with E-state index in [1.54, 1.807) is 16.4 Å². The SMILES string of the molecule is CC1(C)CCC(Sc2nnnn2-c2ccccc2)C1N. The molecule has 0 saturated heterocycles. The summed E-state index contributed by atoms with van der Waals surface area (Å²) >= 11 is 1.69. The molecule has 2 N–H and O–H groups in total. The van der Waals surface area contributed by atoms with E-state index in [9.17, 15) is 0 Å². The highest BCUT2D eigenvalue weighted by atomic mass is 32.2. The predicted molar refractivity (Wildman–Crippen MR) is 79.8 cm³/mol. The number of nitrogens with two attached hydrogens (primary N) is 1. The number of rotatable bonds is 3. The van der Waals surface area contributed by atoms with Gasteiger partial charge in [-0.15, -0.1) is 5.10 Å². The van der Waals surface area contributed by atoms with Crippen LogP contribution < -0.4 is 5.73 Å². The Bertz CT molecular complexity index is 580. The molecule has 106 valence electrons. The molecule has 0 bridgehead atoms. The van der Waals surface area contributed by atoms with Crippen molar-refractivity contribution in [2.45, 2.75) is 43.1 Å². The Kier molecular flexibility index (Phi) is 3.52. The van der Waals surface area contributed by atoms with E-state index < -0.39 is 0 Å². The third-order valence-corrected chi connectivity index (χ3v) is 5.37. The van der Waals surface area contributed by atoms with Crippen LogP contribution in [-0.2, 0) is 0 Å². The van der Waals surface area contributed by atoms with Crippen LogP contribution in [0.25, 0.3) is 5.69 Å². The molecule has 2 unspecified atom stereocenters. The molecule has 1 aromatic heterocycles. The fraction of sp³-hybridized carbons (Fsp3) is 0.500. The first-order valence-electron chi connectivity index (χ1n) is 6.84. The van der Waals surface area contributed by atoms with Crippen LogP contribution in [0.1, 0.15) is 26.7 Å². The lowest BCUT2D eigenvalue weighted by Gasteiger charge is -2.26. The van der Waals surface area contributed by atoms with E-state index in [4.69, 9.17) is 5.73 Å². The summed E-state index contributed by atoms with van der Waals surface area (Å²) in [4.78, 5) is 0. The van der Waals surface area contributed by atoms with Crippen molar-refractivity contribution < 1.29 is 0 Å². The van der Waals surface area contributed by atoms with Crippen molar-refractivity contribution in [2.75, 3.05) is 0 Å². The van der Waals surface area contributed by atoms with E-state index in [0.29, 0.717) is 5.25 Å². The highest BCUT2D eigenvalue weighted by Crippen LogP contribution is 2.43. The molecular formula is C14H19N5S. The van der Waals surface area contributed by atoms with Gasteiger partial charge in [-0.3, -0.25) is 0 Å². The normalized spacial score (nSPS) is 24.9. The first-order chi connectivity index (χ1) is 9.58. The Morgan fingerprint density at radius 1 is 1.30 bits per heavy atom. The number of tetrazole rings is 1. The summed E-state index contributed by atoms with van der Waals surface area (Å²) in [6, 6.07) is 10.1. The minimum atomic E-state index is 0.174. The van der Waals surface area contributed by atoms with E-state index in [0.717, 1.165) is 23.7 Å². The third kappa shape index (κ3) is 2.45. The number of para-hydroxylation sites is 1. The lowest BCUT2D eigenvalue weighted by molar-refractivity contribution is 0.334.